The lowest BCUT2D eigenvalue weighted by Gasteiger charge is -2.17. The molecule has 17 heavy (non-hydrogen) atoms. The van der Waals surface area contributed by atoms with Crippen molar-refractivity contribution in [3.05, 3.63) is 0 Å². The molecule has 0 aromatic heterocycles. The highest BCUT2D eigenvalue weighted by Gasteiger charge is 2.39. The molecular formula is C11H17N3O3. The number of hydrogen-bond acceptors (Lipinski definition) is 4. The van der Waals surface area contributed by atoms with Gasteiger partial charge in [-0.25, -0.2) is 0 Å². The molecule has 3 atom stereocenters. The zero-order valence-electron chi connectivity index (χ0n) is 10.0. The molecule has 6 nitrogen and oxygen atoms in total. The zero-order valence-corrected chi connectivity index (χ0v) is 10.0. The average molecular weight is 239 g/mol. The number of nitrogens with zero attached hydrogens (tertiary/aromatic N) is 1. The number of amides is 3. The summed E-state index contributed by atoms with van der Waals surface area (Å²) >= 11 is 0. The number of hydrogen-bond donors (Lipinski definition) is 2. The molecule has 0 radical (unpaired) electrons. The summed E-state index contributed by atoms with van der Waals surface area (Å²) in [5.41, 5.74) is 0. The molecule has 3 unspecified atom stereocenters. The summed E-state index contributed by atoms with van der Waals surface area (Å²) < 4.78 is 0. The van der Waals surface area contributed by atoms with Crippen LogP contribution in [-0.4, -0.2) is 48.8 Å². The van der Waals surface area contributed by atoms with E-state index in [0.717, 1.165) is 11.4 Å². The predicted molar refractivity (Wildman–Crippen MR) is 59.8 cm³/mol. The second-order valence-electron chi connectivity index (χ2n) is 4.80. The molecule has 2 saturated heterocycles. The lowest BCUT2D eigenvalue weighted by Crippen LogP contribution is -2.44. The summed E-state index contributed by atoms with van der Waals surface area (Å²) in [6, 6.07) is -0.673. The normalized spacial score (nSPS) is 33.3. The maximum absolute atomic E-state index is 11.9. The molecule has 0 bridgehead atoms. The summed E-state index contributed by atoms with van der Waals surface area (Å²) in [4.78, 5) is 35.9. The van der Waals surface area contributed by atoms with Crippen LogP contribution in [0.2, 0.25) is 0 Å². The van der Waals surface area contributed by atoms with Gasteiger partial charge in [-0.1, -0.05) is 6.92 Å². The van der Waals surface area contributed by atoms with Crippen LogP contribution in [0.5, 0.6) is 0 Å². The van der Waals surface area contributed by atoms with Gasteiger partial charge in [0.2, 0.25) is 11.8 Å². The Bertz CT molecular complexity index is 369. The molecule has 2 aliphatic rings. The molecule has 2 rings (SSSR count). The van der Waals surface area contributed by atoms with Crippen LogP contribution in [0.1, 0.15) is 13.3 Å². The fourth-order valence-electron chi connectivity index (χ4n) is 2.31. The van der Waals surface area contributed by atoms with Crippen LogP contribution >= 0.6 is 0 Å². The van der Waals surface area contributed by atoms with Crippen molar-refractivity contribution in [2.45, 2.75) is 19.4 Å². The average Bonchev–Trinajstić information content (AvgIpc) is 2.80. The van der Waals surface area contributed by atoms with Crippen LogP contribution in [0, 0.1) is 11.8 Å². The third kappa shape index (κ3) is 2.17. The van der Waals surface area contributed by atoms with Crippen molar-refractivity contribution in [3.8, 4) is 0 Å². The lowest BCUT2D eigenvalue weighted by molar-refractivity contribution is -0.138. The third-order valence-electron chi connectivity index (χ3n) is 3.55. The van der Waals surface area contributed by atoms with E-state index in [-0.39, 0.29) is 36.0 Å². The van der Waals surface area contributed by atoms with Crippen LogP contribution in [0.4, 0.5) is 0 Å². The molecule has 0 aromatic carbocycles. The number of carbonyl (C=O) groups is 3. The first-order valence-electron chi connectivity index (χ1n) is 5.82. The van der Waals surface area contributed by atoms with E-state index in [9.17, 15) is 14.4 Å². The molecule has 0 spiro atoms. The number of imide groups is 1. The SMILES string of the molecule is CC1CNCC1C(=O)NC1CC(=O)N(C)C1=O. The molecule has 2 fully saturated rings. The van der Waals surface area contributed by atoms with Gasteiger partial charge in [0, 0.05) is 13.6 Å². The second kappa shape index (κ2) is 4.44. The highest BCUT2D eigenvalue weighted by Crippen LogP contribution is 2.17. The Morgan fingerprint density at radius 2 is 2.12 bits per heavy atom. The number of likely N-dealkylation sites (tertiary alicyclic amines) is 1. The van der Waals surface area contributed by atoms with E-state index in [1.807, 2.05) is 6.92 Å². The van der Waals surface area contributed by atoms with Crippen molar-refractivity contribution in [2.75, 3.05) is 20.1 Å². The highest BCUT2D eigenvalue weighted by atomic mass is 16.2. The van der Waals surface area contributed by atoms with Gasteiger partial charge in [0.15, 0.2) is 0 Å². The van der Waals surface area contributed by atoms with Crippen molar-refractivity contribution >= 4 is 17.7 Å². The maximum Gasteiger partial charge on any atom is 0.252 e. The fraction of sp³-hybridized carbons (Fsp3) is 0.727. The van der Waals surface area contributed by atoms with Crippen LogP contribution in [0.25, 0.3) is 0 Å². The number of carbonyl (C=O) groups excluding carboxylic acids is 3. The molecule has 0 aliphatic carbocycles. The van der Waals surface area contributed by atoms with Gasteiger partial charge in [0.05, 0.1) is 12.3 Å². The molecule has 2 heterocycles. The molecule has 2 N–H and O–H groups in total. The van der Waals surface area contributed by atoms with Crippen LogP contribution in [-0.2, 0) is 14.4 Å². The van der Waals surface area contributed by atoms with Crippen molar-refractivity contribution in [2.24, 2.45) is 11.8 Å². The van der Waals surface area contributed by atoms with Gasteiger partial charge in [0.1, 0.15) is 6.04 Å². The first-order valence-corrected chi connectivity index (χ1v) is 5.82. The lowest BCUT2D eigenvalue weighted by atomic mass is 9.97. The fourth-order valence-corrected chi connectivity index (χ4v) is 2.31. The van der Waals surface area contributed by atoms with Crippen molar-refractivity contribution in [1.29, 1.82) is 0 Å². The van der Waals surface area contributed by atoms with Gasteiger partial charge < -0.3 is 10.6 Å². The van der Waals surface area contributed by atoms with Crippen LogP contribution < -0.4 is 10.6 Å². The molecule has 0 saturated carbocycles. The minimum atomic E-state index is -0.673. The summed E-state index contributed by atoms with van der Waals surface area (Å²) in [7, 11) is 1.44. The van der Waals surface area contributed by atoms with E-state index in [2.05, 4.69) is 10.6 Å². The molecule has 3 amide bonds. The molecular weight excluding hydrogens is 222 g/mol. The number of nitrogens with one attached hydrogen (secondary N) is 2. The largest absolute Gasteiger partial charge is 0.343 e. The minimum absolute atomic E-state index is 0.0790. The smallest absolute Gasteiger partial charge is 0.252 e. The Hall–Kier alpha value is -1.43. The van der Waals surface area contributed by atoms with E-state index in [1.165, 1.54) is 7.05 Å². The Balaban J connectivity index is 1.95. The zero-order chi connectivity index (χ0) is 12.6. The number of likely N-dealkylation sites (N-methyl/N-ethyl adjacent to an activating group) is 1. The van der Waals surface area contributed by atoms with Gasteiger partial charge in [-0.15, -0.1) is 0 Å². The van der Waals surface area contributed by atoms with Gasteiger partial charge in [-0.3, -0.25) is 19.3 Å². The predicted octanol–water partition coefficient (Wildman–Crippen LogP) is -1.28. The molecule has 2 aliphatic heterocycles. The first kappa shape index (κ1) is 12.0. The van der Waals surface area contributed by atoms with Gasteiger partial charge >= 0.3 is 0 Å². The summed E-state index contributed by atoms with van der Waals surface area (Å²) in [5.74, 6) is -0.535. The number of rotatable bonds is 2. The Morgan fingerprint density at radius 1 is 1.41 bits per heavy atom. The first-order chi connectivity index (χ1) is 8.00. The van der Waals surface area contributed by atoms with Crippen LogP contribution in [0.15, 0.2) is 0 Å². The quantitative estimate of drug-likeness (QED) is 0.588. The van der Waals surface area contributed by atoms with E-state index in [4.69, 9.17) is 0 Å². The van der Waals surface area contributed by atoms with Crippen molar-refractivity contribution in [1.82, 2.24) is 15.5 Å². The minimum Gasteiger partial charge on any atom is -0.343 e. The molecule has 0 aromatic rings. The third-order valence-corrected chi connectivity index (χ3v) is 3.55. The van der Waals surface area contributed by atoms with Crippen LogP contribution in [0.3, 0.4) is 0 Å². The Labute approximate surface area is 99.7 Å². The van der Waals surface area contributed by atoms with E-state index in [1.54, 1.807) is 0 Å². The van der Waals surface area contributed by atoms with Crippen molar-refractivity contribution in [3.63, 3.8) is 0 Å². The van der Waals surface area contributed by atoms with E-state index in [0.29, 0.717) is 6.54 Å². The molecule has 6 heteroatoms. The van der Waals surface area contributed by atoms with Crippen molar-refractivity contribution < 1.29 is 14.4 Å². The maximum atomic E-state index is 11.9. The summed E-state index contributed by atoms with van der Waals surface area (Å²) in [6.45, 7) is 3.45. The highest BCUT2D eigenvalue weighted by molar-refractivity contribution is 6.06. The standard InChI is InChI=1S/C11H17N3O3/c1-6-4-12-5-7(6)10(16)13-8-3-9(15)14(2)11(8)17/h6-8,12H,3-5H2,1-2H3,(H,13,16). The van der Waals surface area contributed by atoms with E-state index < -0.39 is 6.04 Å². The topological polar surface area (TPSA) is 78.5 Å². The van der Waals surface area contributed by atoms with E-state index >= 15 is 0 Å². The molecule has 94 valence electrons. The Kier molecular flexibility index (Phi) is 3.15. The summed E-state index contributed by atoms with van der Waals surface area (Å²) in [6.07, 6.45) is 0.0790. The van der Waals surface area contributed by atoms with Gasteiger partial charge in [0.25, 0.3) is 5.91 Å². The Morgan fingerprint density at radius 3 is 2.59 bits per heavy atom. The summed E-state index contributed by atoms with van der Waals surface area (Å²) in [5, 5.41) is 5.80. The second-order valence-corrected chi connectivity index (χ2v) is 4.80. The van der Waals surface area contributed by atoms with Gasteiger partial charge in [-0.05, 0) is 12.5 Å². The van der Waals surface area contributed by atoms with Gasteiger partial charge in [-0.2, -0.15) is 0 Å². The monoisotopic (exact) mass is 239 g/mol.